The van der Waals surface area contributed by atoms with E-state index in [9.17, 15) is 24.9 Å². The Bertz CT molecular complexity index is 1050. The van der Waals surface area contributed by atoms with Gasteiger partial charge in [0.25, 0.3) is 0 Å². The first-order valence-electron chi connectivity index (χ1n) is 11.0. The fourth-order valence-electron chi connectivity index (χ4n) is 5.49. The molecule has 3 N–H and O–H groups in total. The first-order chi connectivity index (χ1) is 15.6. The molecule has 1 amide bonds. The summed E-state index contributed by atoms with van der Waals surface area (Å²) in [6.07, 6.45) is -1.31. The minimum atomic E-state index is -1.19. The number of piperidine rings is 1. The molecule has 2 aliphatic rings. The van der Waals surface area contributed by atoms with Gasteiger partial charge in [0.15, 0.2) is 0 Å². The smallest absolute Gasteiger partial charge is 0.304 e. The van der Waals surface area contributed by atoms with E-state index in [0.29, 0.717) is 29.3 Å². The second-order valence-corrected chi connectivity index (χ2v) is 10.3. The van der Waals surface area contributed by atoms with Crippen molar-refractivity contribution in [3.05, 3.63) is 69.7 Å². The highest BCUT2D eigenvalue weighted by Crippen LogP contribution is 2.53. The maximum atomic E-state index is 13.9. The van der Waals surface area contributed by atoms with Crippen LogP contribution in [0.15, 0.2) is 48.5 Å². The van der Waals surface area contributed by atoms with Crippen LogP contribution in [-0.4, -0.2) is 50.3 Å². The summed E-state index contributed by atoms with van der Waals surface area (Å²) >= 11 is 12.4. The molecule has 0 radical (unpaired) electrons. The molecule has 2 aromatic rings. The Hall–Kier alpha value is -2.12. The lowest BCUT2D eigenvalue weighted by Crippen LogP contribution is -2.58. The monoisotopic (exact) mass is 491 g/mol. The summed E-state index contributed by atoms with van der Waals surface area (Å²) < 4.78 is 0. The maximum absolute atomic E-state index is 13.9. The summed E-state index contributed by atoms with van der Waals surface area (Å²) in [5.74, 6) is -1.68. The lowest BCUT2D eigenvalue weighted by molar-refractivity contribution is -0.163. The minimum absolute atomic E-state index is 0.281. The highest BCUT2D eigenvalue weighted by atomic mass is 35.5. The SMILES string of the molecule is C[C@]1(CC(=O)O)C[C@H](c2cccc(Cl)c2)[C@@H](c2ccc(Cl)cc2)N(C2CC[C@H](O)[C@@H]2O)C1=O. The third-order valence-electron chi connectivity index (χ3n) is 7.04. The van der Waals surface area contributed by atoms with E-state index >= 15 is 0 Å². The maximum Gasteiger partial charge on any atom is 0.304 e. The highest BCUT2D eigenvalue weighted by Gasteiger charge is 2.54. The number of nitrogens with zero attached hydrogens (tertiary/aromatic N) is 1. The Morgan fingerprint density at radius 1 is 1.06 bits per heavy atom. The van der Waals surface area contributed by atoms with Crippen LogP contribution in [-0.2, 0) is 9.59 Å². The van der Waals surface area contributed by atoms with Crippen LogP contribution in [0.4, 0.5) is 0 Å². The molecule has 6 atom stereocenters. The molecule has 0 bridgehead atoms. The second-order valence-electron chi connectivity index (χ2n) is 9.41. The van der Waals surface area contributed by atoms with Gasteiger partial charge in [-0.05, 0) is 54.7 Å². The van der Waals surface area contributed by atoms with Gasteiger partial charge in [-0.15, -0.1) is 0 Å². The molecule has 8 heteroatoms. The number of rotatable bonds is 5. The van der Waals surface area contributed by atoms with Gasteiger partial charge < -0.3 is 20.2 Å². The van der Waals surface area contributed by atoms with Crippen molar-refractivity contribution in [3.63, 3.8) is 0 Å². The van der Waals surface area contributed by atoms with Crippen LogP contribution in [0, 0.1) is 5.41 Å². The molecule has 176 valence electrons. The fourth-order valence-corrected chi connectivity index (χ4v) is 5.81. The number of likely N-dealkylation sites (tertiary alicyclic amines) is 1. The molecule has 2 aromatic carbocycles. The summed E-state index contributed by atoms with van der Waals surface area (Å²) in [5, 5.41) is 31.8. The molecule has 1 aliphatic heterocycles. The van der Waals surface area contributed by atoms with Gasteiger partial charge in [-0.25, -0.2) is 0 Å². The molecule has 0 aromatic heterocycles. The third kappa shape index (κ3) is 4.62. The Morgan fingerprint density at radius 2 is 1.76 bits per heavy atom. The fraction of sp³-hybridized carbons (Fsp3) is 0.440. The third-order valence-corrected chi connectivity index (χ3v) is 7.52. The summed E-state index contributed by atoms with van der Waals surface area (Å²) in [6.45, 7) is 1.67. The number of hydrogen-bond acceptors (Lipinski definition) is 4. The van der Waals surface area contributed by atoms with Crippen LogP contribution < -0.4 is 0 Å². The molecule has 2 fully saturated rings. The predicted molar refractivity (Wildman–Crippen MR) is 125 cm³/mol. The standard InChI is InChI=1S/C25H27Cl2NO5/c1-25(13-21(30)31)12-18(15-3-2-4-17(27)11-15)22(14-5-7-16(26)8-6-14)28(24(25)33)19-9-10-20(29)23(19)32/h2-8,11,18-20,22-23,29,32H,9-10,12-13H2,1H3,(H,30,31)/t18-,19?,20+,22-,23-,25-/m1/s1. The van der Waals surface area contributed by atoms with Crippen LogP contribution in [0.25, 0.3) is 0 Å². The molecule has 1 heterocycles. The number of amides is 1. The largest absolute Gasteiger partial charge is 0.481 e. The van der Waals surface area contributed by atoms with Crippen LogP contribution >= 0.6 is 23.2 Å². The average Bonchev–Trinajstić information content (AvgIpc) is 3.08. The van der Waals surface area contributed by atoms with Crippen molar-refractivity contribution in [2.24, 2.45) is 5.41 Å². The van der Waals surface area contributed by atoms with Gasteiger partial charge in [-0.2, -0.15) is 0 Å². The van der Waals surface area contributed by atoms with Gasteiger partial charge in [-0.1, -0.05) is 54.4 Å². The van der Waals surface area contributed by atoms with Crippen molar-refractivity contribution in [3.8, 4) is 0 Å². The summed E-state index contributed by atoms with van der Waals surface area (Å²) in [5.41, 5.74) is 0.517. The molecular formula is C25H27Cl2NO5. The lowest BCUT2D eigenvalue weighted by Gasteiger charge is -2.52. The van der Waals surface area contributed by atoms with Gasteiger partial charge >= 0.3 is 5.97 Å². The molecule has 1 unspecified atom stereocenters. The van der Waals surface area contributed by atoms with Gasteiger partial charge in [0.2, 0.25) is 5.91 Å². The molecule has 1 saturated heterocycles. The number of aliphatic hydroxyl groups is 2. The van der Waals surface area contributed by atoms with Gasteiger partial charge in [0, 0.05) is 16.0 Å². The van der Waals surface area contributed by atoms with E-state index < -0.39 is 35.7 Å². The predicted octanol–water partition coefficient (Wildman–Crippen LogP) is 4.42. The van der Waals surface area contributed by atoms with Crippen molar-refractivity contribution < 1.29 is 24.9 Å². The highest BCUT2D eigenvalue weighted by molar-refractivity contribution is 6.30. The number of carboxylic acids is 1. The molecule has 1 aliphatic carbocycles. The van der Waals surface area contributed by atoms with E-state index in [-0.39, 0.29) is 18.2 Å². The van der Waals surface area contributed by atoms with E-state index in [1.807, 2.05) is 30.3 Å². The van der Waals surface area contributed by atoms with Crippen LogP contribution in [0.1, 0.15) is 55.7 Å². The Morgan fingerprint density at radius 3 is 2.33 bits per heavy atom. The van der Waals surface area contributed by atoms with Gasteiger partial charge in [0.1, 0.15) is 6.10 Å². The number of carbonyl (C=O) groups excluding carboxylic acids is 1. The number of carbonyl (C=O) groups is 2. The Balaban J connectivity index is 1.90. The number of carboxylic acid groups (broad SMARTS) is 1. The first-order valence-corrected chi connectivity index (χ1v) is 11.8. The zero-order valence-electron chi connectivity index (χ0n) is 18.2. The zero-order chi connectivity index (χ0) is 23.9. The molecule has 4 rings (SSSR count). The van der Waals surface area contributed by atoms with E-state index in [0.717, 1.165) is 11.1 Å². The number of benzene rings is 2. The summed E-state index contributed by atoms with van der Waals surface area (Å²) in [7, 11) is 0. The van der Waals surface area contributed by atoms with Gasteiger partial charge in [0.05, 0.1) is 30.0 Å². The second kappa shape index (κ2) is 9.26. The summed E-state index contributed by atoms with van der Waals surface area (Å²) in [4.78, 5) is 27.3. The zero-order valence-corrected chi connectivity index (χ0v) is 19.7. The molecular weight excluding hydrogens is 465 g/mol. The lowest BCUT2D eigenvalue weighted by atomic mass is 9.67. The van der Waals surface area contributed by atoms with Crippen LogP contribution in [0.5, 0.6) is 0 Å². The number of aliphatic hydroxyl groups excluding tert-OH is 2. The number of aliphatic carboxylic acids is 1. The average molecular weight is 492 g/mol. The van der Waals surface area contributed by atoms with E-state index in [1.54, 1.807) is 30.0 Å². The normalized spacial score (nSPS) is 32.2. The quantitative estimate of drug-likeness (QED) is 0.574. The van der Waals surface area contributed by atoms with E-state index in [4.69, 9.17) is 23.2 Å². The van der Waals surface area contributed by atoms with Gasteiger partial charge in [-0.3, -0.25) is 9.59 Å². The molecule has 0 spiro atoms. The molecule has 33 heavy (non-hydrogen) atoms. The van der Waals surface area contributed by atoms with E-state index in [2.05, 4.69) is 0 Å². The first kappa shape index (κ1) is 24.0. The topological polar surface area (TPSA) is 98.1 Å². The Kier molecular flexibility index (Phi) is 6.74. The van der Waals surface area contributed by atoms with Crippen molar-refractivity contribution >= 4 is 35.1 Å². The molecule has 6 nitrogen and oxygen atoms in total. The Labute approximate surface area is 202 Å². The van der Waals surface area contributed by atoms with Crippen molar-refractivity contribution in [2.75, 3.05) is 0 Å². The van der Waals surface area contributed by atoms with E-state index in [1.165, 1.54) is 0 Å². The number of hydrogen-bond donors (Lipinski definition) is 3. The molecule has 1 saturated carbocycles. The van der Waals surface area contributed by atoms with Crippen LogP contribution in [0.2, 0.25) is 10.0 Å². The van der Waals surface area contributed by atoms with Crippen molar-refractivity contribution in [1.29, 1.82) is 0 Å². The van der Waals surface area contributed by atoms with Crippen LogP contribution in [0.3, 0.4) is 0 Å². The van der Waals surface area contributed by atoms with Crippen molar-refractivity contribution in [1.82, 2.24) is 4.90 Å². The minimum Gasteiger partial charge on any atom is -0.481 e. The summed E-state index contributed by atoms with van der Waals surface area (Å²) in [6, 6.07) is 13.4. The van der Waals surface area contributed by atoms with Crippen molar-refractivity contribution in [2.45, 2.75) is 62.8 Å². The number of halogens is 2.